The van der Waals surface area contributed by atoms with Crippen LogP contribution in [0, 0.1) is 18.8 Å². The van der Waals surface area contributed by atoms with E-state index in [1.807, 2.05) is 32.1 Å². The summed E-state index contributed by atoms with van der Waals surface area (Å²) in [5.74, 6) is -1.05. The molecule has 1 aromatic rings. The van der Waals surface area contributed by atoms with Crippen molar-refractivity contribution in [2.75, 3.05) is 0 Å². The summed E-state index contributed by atoms with van der Waals surface area (Å²) in [4.78, 5) is 45.4. The summed E-state index contributed by atoms with van der Waals surface area (Å²) in [5.41, 5.74) is 9.32. The van der Waals surface area contributed by atoms with Crippen LogP contribution in [-0.4, -0.2) is 34.2 Å². The van der Waals surface area contributed by atoms with Crippen molar-refractivity contribution in [3.8, 4) is 0 Å². The minimum absolute atomic E-state index is 0. The molecule has 4 aliphatic heterocycles. The number of aliphatic imine (C=N–C) groups is 3. The maximum absolute atomic E-state index is 13.6. The number of carboxylic acid groups (broad SMARTS) is 1. The van der Waals surface area contributed by atoms with Gasteiger partial charge in [0.25, 0.3) is 0 Å². The molecule has 5 aliphatic rings. The van der Waals surface area contributed by atoms with Crippen LogP contribution in [0.1, 0.15) is 168 Å². The summed E-state index contributed by atoms with van der Waals surface area (Å²) in [6.45, 7) is 12.3. The first kappa shape index (κ1) is 45.1. The smallest absolute Gasteiger partial charge is 0.875 e. The van der Waals surface area contributed by atoms with E-state index in [1.165, 1.54) is 70.6 Å². The monoisotopic (exact) mass is 832 g/mol. The summed E-state index contributed by atoms with van der Waals surface area (Å²) < 4.78 is 6.16. The summed E-state index contributed by atoms with van der Waals surface area (Å²) >= 11 is 0. The van der Waals surface area contributed by atoms with E-state index in [1.54, 1.807) is 0 Å². The largest absolute Gasteiger partial charge is 2.00 e. The van der Waals surface area contributed by atoms with Gasteiger partial charge in [-0.3, -0.25) is 14.6 Å². The number of ether oxygens (including phenoxy) is 1. The van der Waals surface area contributed by atoms with Crippen molar-refractivity contribution in [2.45, 2.75) is 164 Å². The molecule has 1 N–H and O–H groups in total. The van der Waals surface area contributed by atoms with Crippen LogP contribution >= 0.6 is 0 Å². The maximum Gasteiger partial charge on any atom is 2.00 e. The molecule has 9 nitrogen and oxygen atoms in total. The summed E-state index contributed by atoms with van der Waals surface area (Å²) in [6, 6.07) is 0. The fraction of sp³-hybridized carbons (Fsp3) is 0.562. The molecule has 0 unspecified atom stereocenters. The Morgan fingerprint density at radius 2 is 1.41 bits per heavy atom. The molecule has 10 heteroatoms. The fourth-order valence-corrected chi connectivity index (χ4v) is 9.00. The van der Waals surface area contributed by atoms with Crippen molar-refractivity contribution in [1.82, 2.24) is 4.98 Å². The zero-order valence-electron chi connectivity index (χ0n) is 35.5. The number of unbranched alkanes of at least 4 members (excludes halogenated alkanes) is 13. The first-order valence-electron chi connectivity index (χ1n) is 21.8. The van der Waals surface area contributed by atoms with Gasteiger partial charge < -0.3 is 19.9 Å². The molecule has 0 spiro atoms. The van der Waals surface area contributed by atoms with E-state index < -0.39 is 5.97 Å². The number of nitrogens with zero attached hydrogens (tertiary/aromatic N) is 4. The predicted molar refractivity (Wildman–Crippen MR) is 228 cm³/mol. The van der Waals surface area contributed by atoms with Gasteiger partial charge in [0.2, 0.25) is 0 Å². The summed E-state index contributed by atoms with van der Waals surface area (Å²) in [5, 5.41) is 24.5. The topological polar surface area (TPSA) is 138 Å². The van der Waals surface area contributed by atoms with Gasteiger partial charge in [-0.05, 0) is 80.5 Å². The molecule has 0 radical (unpaired) electrons. The third-order valence-corrected chi connectivity index (χ3v) is 12.5. The molecule has 2 atom stereocenters. The Morgan fingerprint density at radius 3 is 2.03 bits per heavy atom. The molecule has 314 valence electrons. The quantitative estimate of drug-likeness (QED) is 0.0791. The van der Waals surface area contributed by atoms with Crippen molar-refractivity contribution in [3.05, 3.63) is 73.5 Å². The number of aliphatic carboxylic acids is 1. The van der Waals surface area contributed by atoms with Gasteiger partial charge in [0.1, 0.15) is 5.70 Å². The van der Waals surface area contributed by atoms with E-state index in [0.29, 0.717) is 46.3 Å². The van der Waals surface area contributed by atoms with Gasteiger partial charge in [-0.1, -0.05) is 116 Å². The summed E-state index contributed by atoms with van der Waals surface area (Å²) in [6.07, 6.45) is 25.0. The van der Waals surface area contributed by atoms with Gasteiger partial charge in [0, 0.05) is 41.7 Å². The number of carboxylic acids is 1. The van der Waals surface area contributed by atoms with Gasteiger partial charge in [0.05, 0.1) is 17.1 Å². The minimum Gasteiger partial charge on any atom is -0.875 e. The number of allylic oxidation sites excluding steroid dienone is 6. The van der Waals surface area contributed by atoms with Crippen LogP contribution in [0.25, 0.3) is 17.4 Å². The first-order valence-corrected chi connectivity index (χ1v) is 21.8. The zero-order valence-corrected chi connectivity index (χ0v) is 36.5. The number of hydrogen-bond acceptors (Lipinski definition) is 7. The van der Waals surface area contributed by atoms with Crippen LogP contribution in [-0.2, 0) is 30.8 Å². The molecule has 58 heavy (non-hydrogen) atoms. The Balaban J connectivity index is 0.00000641. The SMILES string of the molecule is CCCCCCCCCCCCCCCCC(=O)OC1=C(C)C2=NC1=CC1=NC(=Cc3[n-]c4c(c3C)=C([O-])CC=4C3=NC(=C2)[C@@H](C)[C@@H]3CCC(=O)O)C(CC)=C1C.[Ni+2]. The van der Waals surface area contributed by atoms with Crippen molar-refractivity contribution in [1.29, 1.82) is 0 Å². The Kier molecular flexibility index (Phi) is 16.1. The van der Waals surface area contributed by atoms with E-state index in [9.17, 15) is 19.8 Å². The molecule has 1 aliphatic carbocycles. The van der Waals surface area contributed by atoms with E-state index in [0.717, 1.165) is 76.4 Å². The van der Waals surface area contributed by atoms with Gasteiger partial charge in [0.15, 0.2) is 5.76 Å². The second-order valence-corrected chi connectivity index (χ2v) is 16.6. The standard InChI is InChI=1S/C48H64N4O5.Ni/c1-7-9-10-11-12-13-14-15-16-17-18-19-20-21-22-44(56)57-48-32(6)39-26-37-30(4)34(23-24-43(54)55)46(51-37)35-25-42(53)45-31(5)38(52-47(35)45)27-40-33(8-2)29(3)36(49-40)28-41(48)50-39;/h26-28,30,34H,7-25H2,1-6H3,(H3,49,50,51,52,53,54,55);/q;+2/p-2/t30-,34-;/m0./s1. The van der Waals surface area contributed by atoms with Gasteiger partial charge >= 0.3 is 28.4 Å². The number of esters is 1. The first-order chi connectivity index (χ1) is 27.5. The average molecular weight is 834 g/mol. The number of fused-ring (bicyclic) bond motifs is 5. The molecule has 5 heterocycles. The fourth-order valence-electron chi connectivity index (χ4n) is 9.00. The van der Waals surface area contributed by atoms with Crippen molar-refractivity contribution < 1.29 is 41.0 Å². The molecule has 0 amide bonds. The number of aromatic nitrogens is 1. The van der Waals surface area contributed by atoms with Crippen LogP contribution in [0.4, 0.5) is 0 Å². The molecule has 0 saturated carbocycles. The molecule has 0 fully saturated rings. The van der Waals surface area contributed by atoms with E-state index in [-0.39, 0.29) is 52.9 Å². The van der Waals surface area contributed by atoms with Crippen molar-refractivity contribution in [2.24, 2.45) is 26.8 Å². The number of hydrogen-bond donors (Lipinski definition) is 1. The molecule has 8 bridgehead atoms. The van der Waals surface area contributed by atoms with Crippen LogP contribution in [0.2, 0.25) is 0 Å². The molecule has 6 rings (SSSR count). The third kappa shape index (κ3) is 10.2. The average Bonchev–Trinajstić information content (AvgIpc) is 3.93. The summed E-state index contributed by atoms with van der Waals surface area (Å²) in [7, 11) is 0. The Hall–Kier alpha value is -4.04. The predicted octanol–water partition coefficient (Wildman–Crippen LogP) is 8.99. The molecular weight excluding hydrogens is 771 g/mol. The second-order valence-electron chi connectivity index (χ2n) is 16.6. The second kappa shape index (κ2) is 20.8. The van der Waals surface area contributed by atoms with Crippen LogP contribution in [0.5, 0.6) is 0 Å². The van der Waals surface area contributed by atoms with Crippen molar-refractivity contribution >= 4 is 46.5 Å². The minimum atomic E-state index is -0.873. The Morgan fingerprint density at radius 1 is 0.810 bits per heavy atom. The zero-order chi connectivity index (χ0) is 40.6. The van der Waals surface area contributed by atoms with E-state index in [4.69, 9.17) is 24.7 Å². The third-order valence-electron chi connectivity index (χ3n) is 12.5. The van der Waals surface area contributed by atoms with Gasteiger partial charge in [-0.25, -0.2) is 9.98 Å². The van der Waals surface area contributed by atoms with Crippen LogP contribution in [0.3, 0.4) is 0 Å². The number of carbonyl (C=O) groups is 2. The molecule has 1 aromatic heterocycles. The molecular formula is C48H62N4NiO5. The van der Waals surface area contributed by atoms with Crippen LogP contribution < -0.4 is 20.7 Å². The Bertz CT molecular complexity index is 2140. The van der Waals surface area contributed by atoms with E-state index in [2.05, 4.69) is 27.7 Å². The van der Waals surface area contributed by atoms with Gasteiger partial charge in [-0.15, -0.1) is 16.8 Å². The molecule has 0 saturated heterocycles. The number of carbonyl (C=O) groups excluding carboxylic acids is 1. The van der Waals surface area contributed by atoms with E-state index >= 15 is 0 Å². The molecule has 0 aromatic carbocycles. The number of rotatable bonds is 20. The van der Waals surface area contributed by atoms with Crippen LogP contribution in [0.15, 0.2) is 66.7 Å². The van der Waals surface area contributed by atoms with Crippen molar-refractivity contribution in [3.63, 3.8) is 0 Å². The normalized spacial score (nSPS) is 19.6. The maximum atomic E-state index is 13.6. The van der Waals surface area contributed by atoms with Gasteiger partial charge in [-0.2, -0.15) is 0 Å². The Labute approximate surface area is 355 Å².